The number of rotatable bonds is 6. The molecule has 0 radical (unpaired) electrons. The number of aryl methyl sites for hydroxylation is 1. The Kier molecular flexibility index (Phi) is 6.93. The molecular weight excluding hydrogens is 452 g/mol. The van der Waals surface area contributed by atoms with Gasteiger partial charge in [0.05, 0.1) is 6.04 Å². The summed E-state index contributed by atoms with van der Waals surface area (Å²) in [6, 6.07) is 24.3. The molecule has 178 valence electrons. The number of para-hydroxylation sites is 1. The van der Waals surface area contributed by atoms with E-state index in [0.717, 1.165) is 31.2 Å². The van der Waals surface area contributed by atoms with Gasteiger partial charge < -0.3 is 10.2 Å². The molecule has 6 heteroatoms. The smallest absolute Gasteiger partial charge is 0.256 e. The summed E-state index contributed by atoms with van der Waals surface area (Å²) in [5.41, 5.74) is 5.57. The van der Waals surface area contributed by atoms with Gasteiger partial charge in [0, 0.05) is 60.3 Å². The lowest BCUT2D eigenvalue weighted by Gasteiger charge is -2.41. The van der Waals surface area contributed by atoms with Gasteiger partial charge in [-0.05, 0) is 61.4 Å². The highest BCUT2D eigenvalue weighted by molar-refractivity contribution is 7.16. The van der Waals surface area contributed by atoms with Gasteiger partial charge in [0.25, 0.3) is 5.91 Å². The zero-order chi connectivity index (χ0) is 24.2. The SMILES string of the molecule is Cc1sc(NC(=O)c2ccccc2)c([C@H](c2ccncc2)N2CCN(c3ccccc3)CC2)c1C. The summed E-state index contributed by atoms with van der Waals surface area (Å²) in [5, 5.41) is 4.17. The number of hydrogen-bond acceptors (Lipinski definition) is 5. The normalized spacial score (nSPS) is 15.1. The van der Waals surface area contributed by atoms with E-state index in [4.69, 9.17) is 0 Å². The van der Waals surface area contributed by atoms with Crippen LogP contribution in [0.3, 0.4) is 0 Å². The van der Waals surface area contributed by atoms with Crippen molar-refractivity contribution in [1.82, 2.24) is 9.88 Å². The van der Waals surface area contributed by atoms with Crippen molar-refractivity contribution < 1.29 is 4.79 Å². The third kappa shape index (κ3) is 4.99. The van der Waals surface area contributed by atoms with E-state index < -0.39 is 0 Å². The van der Waals surface area contributed by atoms with E-state index in [1.165, 1.54) is 27.3 Å². The highest BCUT2D eigenvalue weighted by atomic mass is 32.1. The highest BCUT2D eigenvalue weighted by Gasteiger charge is 2.31. The molecule has 0 spiro atoms. The summed E-state index contributed by atoms with van der Waals surface area (Å²) >= 11 is 1.66. The third-order valence-corrected chi connectivity index (χ3v) is 7.93. The fourth-order valence-corrected chi connectivity index (χ4v) is 5.90. The molecule has 2 aromatic heterocycles. The minimum Gasteiger partial charge on any atom is -0.369 e. The predicted molar refractivity (Wildman–Crippen MR) is 144 cm³/mol. The number of carbonyl (C=O) groups excluding carboxylic acids is 1. The Labute approximate surface area is 211 Å². The molecule has 5 rings (SSSR count). The zero-order valence-corrected chi connectivity index (χ0v) is 21.0. The van der Waals surface area contributed by atoms with Crippen LogP contribution < -0.4 is 10.2 Å². The van der Waals surface area contributed by atoms with Gasteiger partial charge in [-0.15, -0.1) is 11.3 Å². The second-order valence-electron chi connectivity index (χ2n) is 8.89. The van der Waals surface area contributed by atoms with Crippen LogP contribution in [0.2, 0.25) is 0 Å². The lowest BCUT2D eigenvalue weighted by molar-refractivity contribution is 0.102. The van der Waals surface area contributed by atoms with Crippen molar-refractivity contribution in [1.29, 1.82) is 0 Å². The van der Waals surface area contributed by atoms with Crippen LogP contribution in [0, 0.1) is 13.8 Å². The van der Waals surface area contributed by atoms with E-state index >= 15 is 0 Å². The molecule has 1 amide bonds. The largest absolute Gasteiger partial charge is 0.369 e. The number of thiophene rings is 1. The Morgan fingerprint density at radius 2 is 1.51 bits per heavy atom. The van der Waals surface area contributed by atoms with Crippen LogP contribution in [0.5, 0.6) is 0 Å². The van der Waals surface area contributed by atoms with E-state index in [0.29, 0.717) is 5.56 Å². The van der Waals surface area contributed by atoms with Crippen molar-refractivity contribution in [3.05, 3.63) is 112 Å². The van der Waals surface area contributed by atoms with E-state index in [-0.39, 0.29) is 11.9 Å². The molecule has 0 saturated carbocycles. The van der Waals surface area contributed by atoms with Crippen molar-refractivity contribution in [3.8, 4) is 0 Å². The number of benzene rings is 2. The number of carbonyl (C=O) groups is 1. The maximum absolute atomic E-state index is 13.1. The molecule has 1 aliphatic heterocycles. The first-order valence-corrected chi connectivity index (χ1v) is 12.8. The van der Waals surface area contributed by atoms with E-state index in [1.807, 2.05) is 42.7 Å². The Balaban J connectivity index is 1.47. The Morgan fingerprint density at radius 1 is 0.886 bits per heavy atom. The Morgan fingerprint density at radius 3 is 2.17 bits per heavy atom. The van der Waals surface area contributed by atoms with Crippen LogP contribution in [0.1, 0.15) is 38.0 Å². The molecule has 35 heavy (non-hydrogen) atoms. The van der Waals surface area contributed by atoms with Gasteiger partial charge in [0.2, 0.25) is 0 Å². The first-order valence-electron chi connectivity index (χ1n) is 12.0. The van der Waals surface area contributed by atoms with Crippen molar-refractivity contribution in [2.45, 2.75) is 19.9 Å². The molecule has 1 aliphatic rings. The summed E-state index contributed by atoms with van der Waals surface area (Å²) < 4.78 is 0. The first kappa shape index (κ1) is 23.3. The van der Waals surface area contributed by atoms with Gasteiger partial charge in [-0.1, -0.05) is 36.4 Å². The number of nitrogens with zero attached hydrogens (tertiary/aromatic N) is 3. The van der Waals surface area contributed by atoms with E-state index in [9.17, 15) is 4.79 Å². The summed E-state index contributed by atoms with van der Waals surface area (Å²) in [7, 11) is 0. The van der Waals surface area contributed by atoms with Gasteiger partial charge in [0.1, 0.15) is 5.00 Å². The van der Waals surface area contributed by atoms with Gasteiger partial charge in [-0.25, -0.2) is 0 Å². The Hall–Kier alpha value is -3.48. The number of amides is 1. The minimum atomic E-state index is -0.0736. The van der Waals surface area contributed by atoms with Gasteiger partial charge in [-0.3, -0.25) is 14.7 Å². The maximum Gasteiger partial charge on any atom is 0.256 e. The molecule has 2 aromatic carbocycles. The summed E-state index contributed by atoms with van der Waals surface area (Å²) in [6.07, 6.45) is 3.72. The zero-order valence-electron chi connectivity index (χ0n) is 20.1. The van der Waals surface area contributed by atoms with Crippen molar-refractivity contribution >= 4 is 27.9 Å². The van der Waals surface area contributed by atoms with Crippen LogP contribution in [0.25, 0.3) is 0 Å². The highest BCUT2D eigenvalue weighted by Crippen LogP contribution is 2.42. The summed E-state index contributed by atoms with van der Waals surface area (Å²) in [6.45, 7) is 8.09. The molecule has 0 aliphatic carbocycles. The first-order chi connectivity index (χ1) is 17.1. The average Bonchev–Trinajstić information content (AvgIpc) is 3.19. The fourth-order valence-electron chi connectivity index (χ4n) is 4.81. The number of anilines is 2. The standard InChI is InChI=1S/C29H30N4OS/c1-21-22(2)35-29(31-28(34)24-9-5-3-6-10-24)26(21)27(23-13-15-30-16-14-23)33-19-17-32(18-20-33)25-11-7-4-8-12-25/h3-16,27H,17-20H2,1-2H3,(H,31,34)/t27-/m0/s1. The molecule has 3 heterocycles. The summed E-state index contributed by atoms with van der Waals surface area (Å²) in [4.78, 5) is 23.6. The van der Waals surface area contributed by atoms with Crippen molar-refractivity contribution in [3.63, 3.8) is 0 Å². The number of aromatic nitrogens is 1. The minimum absolute atomic E-state index is 0.0481. The topological polar surface area (TPSA) is 48.5 Å². The van der Waals surface area contributed by atoms with Crippen LogP contribution in [0.4, 0.5) is 10.7 Å². The second-order valence-corrected chi connectivity index (χ2v) is 10.1. The molecular formula is C29H30N4OS. The molecule has 4 aromatic rings. The second kappa shape index (κ2) is 10.4. The van der Waals surface area contributed by atoms with Crippen molar-refractivity contribution in [2.24, 2.45) is 0 Å². The third-order valence-electron chi connectivity index (χ3n) is 6.79. The van der Waals surface area contributed by atoms with Crippen LogP contribution >= 0.6 is 11.3 Å². The fraction of sp³-hybridized carbons (Fsp3) is 0.241. The maximum atomic E-state index is 13.1. The van der Waals surface area contributed by atoms with Gasteiger partial charge in [-0.2, -0.15) is 0 Å². The number of piperazine rings is 1. The number of hydrogen-bond donors (Lipinski definition) is 1. The van der Waals surface area contributed by atoms with Gasteiger partial charge in [0.15, 0.2) is 0 Å². The molecule has 1 saturated heterocycles. The quantitative estimate of drug-likeness (QED) is 0.370. The number of nitrogens with one attached hydrogen (secondary N) is 1. The molecule has 5 nitrogen and oxygen atoms in total. The van der Waals surface area contributed by atoms with Crippen molar-refractivity contribution in [2.75, 3.05) is 36.4 Å². The molecule has 1 N–H and O–H groups in total. The molecule has 1 atom stereocenters. The predicted octanol–water partition coefficient (Wildman–Crippen LogP) is 5.92. The van der Waals surface area contributed by atoms with Crippen LogP contribution in [-0.2, 0) is 0 Å². The lowest BCUT2D eigenvalue weighted by atomic mass is 9.95. The average molecular weight is 483 g/mol. The van der Waals surface area contributed by atoms with E-state index in [1.54, 1.807) is 11.3 Å². The summed E-state index contributed by atoms with van der Waals surface area (Å²) in [5.74, 6) is -0.0736. The lowest BCUT2D eigenvalue weighted by Crippen LogP contribution is -2.48. The number of pyridine rings is 1. The van der Waals surface area contributed by atoms with Gasteiger partial charge >= 0.3 is 0 Å². The molecule has 0 unspecified atom stereocenters. The van der Waals surface area contributed by atoms with Crippen LogP contribution in [-0.4, -0.2) is 42.0 Å². The van der Waals surface area contributed by atoms with E-state index in [2.05, 4.69) is 76.4 Å². The molecule has 0 bridgehead atoms. The monoisotopic (exact) mass is 482 g/mol. The Bertz CT molecular complexity index is 1270. The van der Waals surface area contributed by atoms with Crippen LogP contribution in [0.15, 0.2) is 85.2 Å². The molecule has 1 fully saturated rings.